The molecule has 0 aliphatic carbocycles. The standard InChI is InChI=1S/C22H20N4O4S2.ClH/c1-2-20(32(29,30)17-5-3-4-16(27)10-17)25-21(28)18-12-24-22-26(18)19(13-31-22)15-8-6-14(11-23)7-9-15;/h3-10,12,19-20,27H,2,13H2,1H3,(H,25,28);1H. The highest BCUT2D eigenvalue weighted by molar-refractivity contribution is 7.99. The van der Waals surface area contributed by atoms with E-state index in [4.69, 9.17) is 5.26 Å². The highest BCUT2D eigenvalue weighted by Gasteiger charge is 2.33. The van der Waals surface area contributed by atoms with E-state index in [0.717, 1.165) is 11.6 Å². The van der Waals surface area contributed by atoms with Crippen LogP contribution in [0.1, 0.15) is 41.0 Å². The molecule has 1 amide bonds. The number of carbonyl (C=O) groups excluding carboxylic acids is 1. The SMILES string of the molecule is CCC(NC(=O)c1cnc2n1C(c1ccc(C#N)cc1)CS2)S(=O)(=O)c1cccc(O)c1.Cl. The molecule has 33 heavy (non-hydrogen) atoms. The molecule has 11 heteroatoms. The average Bonchev–Trinajstić information content (AvgIpc) is 3.39. The van der Waals surface area contributed by atoms with Gasteiger partial charge in [0.1, 0.15) is 16.8 Å². The zero-order valence-corrected chi connectivity index (χ0v) is 20.0. The third-order valence-electron chi connectivity index (χ3n) is 5.29. The molecule has 2 unspecified atom stereocenters. The number of hydrogen-bond donors (Lipinski definition) is 2. The number of amides is 1. The molecule has 2 aromatic carbocycles. The third kappa shape index (κ3) is 4.71. The first kappa shape index (κ1) is 24.6. The second kappa shape index (κ2) is 9.87. The summed E-state index contributed by atoms with van der Waals surface area (Å²) in [4.78, 5) is 17.4. The fourth-order valence-corrected chi connectivity index (χ4v) is 6.34. The Morgan fingerprint density at radius 1 is 1.33 bits per heavy atom. The largest absolute Gasteiger partial charge is 0.508 e. The summed E-state index contributed by atoms with van der Waals surface area (Å²) in [6.45, 7) is 1.67. The summed E-state index contributed by atoms with van der Waals surface area (Å²) in [5, 5.41) is 20.8. The van der Waals surface area contributed by atoms with Crippen LogP contribution in [0.15, 0.2) is 64.8 Å². The Labute approximate surface area is 202 Å². The van der Waals surface area contributed by atoms with Crippen molar-refractivity contribution in [2.45, 2.75) is 34.8 Å². The molecule has 172 valence electrons. The molecular formula is C22H21ClN4O4S2. The van der Waals surface area contributed by atoms with Crippen molar-refractivity contribution in [3.63, 3.8) is 0 Å². The summed E-state index contributed by atoms with van der Waals surface area (Å²) < 4.78 is 27.8. The van der Waals surface area contributed by atoms with Gasteiger partial charge >= 0.3 is 0 Å². The maximum Gasteiger partial charge on any atom is 0.270 e. The van der Waals surface area contributed by atoms with Gasteiger partial charge in [-0.3, -0.25) is 4.79 Å². The molecule has 0 spiro atoms. The number of carbonyl (C=O) groups is 1. The van der Waals surface area contributed by atoms with E-state index < -0.39 is 21.1 Å². The first-order valence-electron chi connectivity index (χ1n) is 9.89. The van der Waals surface area contributed by atoms with E-state index in [1.807, 2.05) is 12.1 Å². The number of nitrogens with zero attached hydrogens (tertiary/aromatic N) is 3. The fraction of sp³-hybridized carbons (Fsp3) is 0.227. The number of phenols is 1. The van der Waals surface area contributed by atoms with Gasteiger partial charge in [0.2, 0.25) is 0 Å². The summed E-state index contributed by atoms with van der Waals surface area (Å²) in [5.41, 5.74) is 1.75. The number of imidazole rings is 1. The summed E-state index contributed by atoms with van der Waals surface area (Å²) in [6, 6.07) is 14.5. The molecule has 2 N–H and O–H groups in total. The van der Waals surface area contributed by atoms with E-state index in [0.29, 0.717) is 16.5 Å². The topological polar surface area (TPSA) is 125 Å². The monoisotopic (exact) mass is 504 g/mol. The summed E-state index contributed by atoms with van der Waals surface area (Å²) in [6.07, 6.45) is 1.60. The molecule has 2 heterocycles. The lowest BCUT2D eigenvalue weighted by molar-refractivity contribution is 0.0936. The van der Waals surface area contributed by atoms with Crippen LogP contribution in [0.25, 0.3) is 0 Å². The van der Waals surface area contributed by atoms with E-state index in [1.54, 1.807) is 23.6 Å². The van der Waals surface area contributed by atoms with Crippen LogP contribution in [-0.2, 0) is 9.84 Å². The number of halogens is 1. The van der Waals surface area contributed by atoms with Crippen molar-refractivity contribution < 1.29 is 18.3 Å². The Kier molecular flexibility index (Phi) is 7.37. The van der Waals surface area contributed by atoms with Crippen LogP contribution in [0.5, 0.6) is 5.75 Å². The molecule has 2 atom stereocenters. The molecule has 8 nitrogen and oxygen atoms in total. The van der Waals surface area contributed by atoms with Crippen molar-refractivity contribution in [1.82, 2.24) is 14.9 Å². The highest BCUT2D eigenvalue weighted by Crippen LogP contribution is 2.38. The maximum absolute atomic E-state index is 13.1. The van der Waals surface area contributed by atoms with Gasteiger partial charge in [0, 0.05) is 5.75 Å². The van der Waals surface area contributed by atoms with Crippen LogP contribution in [0.2, 0.25) is 0 Å². The van der Waals surface area contributed by atoms with Crippen molar-refractivity contribution in [2.75, 3.05) is 5.75 Å². The van der Waals surface area contributed by atoms with Crippen LogP contribution in [0.3, 0.4) is 0 Å². The second-order valence-corrected chi connectivity index (χ2v) is 10.4. The number of rotatable bonds is 6. The molecule has 0 radical (unpaired) electrons. The van der Waals surface area contributed by atoms with Gasteiger partial charge < -0.3 is 15.0 Å². The van der Waals surface area contributed by atoms with E-state index >= 15 is 0 Å². The van der Waals surface area contributed by atoms with Gasteiger partial charge in [-0.1, -0.05) is 36.9 Å². The molecule has 0 saturated heterocycles. The van der Waals surface area contributed by atoms with Crippen LogP contribution in [-0.4, -0.2) is 40.1 Å². The van der Waals surface area contributed by atoms with Crippen molar-refractivity contribution >= 4 is 39.9 Å². The third-order valence-corrected chi connectivity index (χ3v) is 8.44. The Balaban J connectivity index is 0.00000306. The number of hydrogen-bond acceptors (Lipinski definition) is 7. The van der Waals surface area contributed by atoms with Gasteiger partial charge in [0.25, 0.3) is 5.91 Å². The second-order valence-electron chi connectivity index (χ2n) is 7.27. The number of sulfone groups is 1. The number of thioether (sulfide) groups is 1. The van der Waals surface area contributed by atoms with Crippen LogP contribution < -0.4 is 5.32 Å². The molecule has 0 saturated carbocycles. The van der Waals surface area contributed by atoms with Gasteiger partial charge in [-0.25, -0.2) is 13.4 Å². The number of aromatic nitrogens is 2. The summed E-state index contributed by atoms with van der Waals surface area (Å²) >= 11 is 1.51. The van der Waals surface area contributed by atoms with Crippen molar-refractivity contribution in [2.24, 2.45) is 0 Å². The molecule has 3 aromatic rings. The number of benzene rings is 2. The Hall–Kier alpha value is -3.00. The number of nitrogens with one attached hydrogen (secondary N) is 1. The van der Waals surface area contributed by atoms with Gasteiger partial charge in [-0.05, 0) is 42.3 Å². The van der Waals surface area contributed by atoms with Crippen molar-refractivity contribution in [1.29, 1.82) is 5.26 Å². The quantitative estimate of drug-likeness (QED) is 0.526. The fourth-order valence-electron chi connectivity index (χ4n) is 3.62. The Morgan fingerprint density at radius 2 is 2.06 bits per heavy atom. The molecule has 1 aliphatic rings. The number of fused-ring (bicyclic) bond motifs is 1. The van der Waals surface area contributed by atoms with Gasteiger partial charge in [-0.2, -0.15) is 5.26 Å². The van der Waals surface area contributed by atoms with Gasteiger partial charge in [0.15, 0.2) is 15.0 Å². The first-order chi connectivity index (χ1) is 15.3. The Bertz CT molecular complexity index is 1320. The first-order valence-corrected chi connectivity index (χ1v) is 12.4. The van der Waals surface area contributed by atoms with E-state index in [-0.39, 0.29) is 41.2 Å². The van der Waals surface area contributed by atoms with Crippen LogP contribution in [0.4, 0.5) is 0 Å². The predicted octanol–water partition coefficient (Wildman–Crippen LogP) is 3.52. The minimum absolute atomic E-state index is 0. The van der Waals surface area contributed by atoms with Crippen molar-refractivity contribution in [3.05, 3.63) is 71.5 Å². The highest BCUT2D eigenvalue weighted by atomic mass is 35.5. The molecule has 4 rings (SSSR count). The molecule has 1 aromatic heterocycles. The summed E-state index contributed by atoms with van der Waals surface area (Å²) in [7, 11) is -3.90. The van der Waals surface area contributed by atoms with Crippen LogP contribution >= 0.6 is 24.2 Å². The maximum atomic E-state index is 13.1. The minimum atomic E-state index is -3.90. The number of aromatic hydroxyl groups is 1. The predicted molar refractivity (Wildman–Crippen MR) is 126 cm³/mol. The Morgan fingerprint density at radius 3 is 2.70 bits per heavy atom. The van der Waals surface area contributed by atoms with Crippen molar-refractivity contribution in [3.8, 4) is 11.8 Å². The van der Waals surface area contributed by atoms with Gasteiger partial charge in [-0.15, -0.1) is 12.4 Å². The smallest absolute Gasteiger partial charge is 0.270 e. The lowest BCUT2D eigenvalue weighted by atomic mass is 10.1. The number of nitriles is 1. The van der Waals surface area contributed by atoms with Crippen LogP contribution in [0, 0.1) is 11.3 Å². The molecule has 1 aliphatic heterocycles. The zero-order valence-electron chi connectivity index (χ0n) is 17.5. The lowest BCUT2D eigenvalue weighted by Crippen LogP contribution is -2.41. The zero-order chi connectivity index (χ0) is 22.9. The van der Waals surface area contributed by atoms with E-state index in [2.05, 4.69) is 16.4 Å². The normalized spacial score (nSPS) is 15.7. The molecule has 0 fully saturated rings. The average molecular weight is 505 g/mol. The lowest BCUT2D eigenvalue weighted by Gasteiger charge is -2.20. The van der Waals surface area contributed by atoms with E-state index in [1.165, 1.54) is 36.2 Å². The molecule has 0 bridgehead atoms. The molecular weight excluding hydrogens is 484 g/mol. The number of phenolic OH excluding ortho intramolecular Hbond substituents is 1. The summed E-state index contributed by atoms with van der Waals surface area (Å²) in [5.74, 6) is -0.0302. The van der Waals surface area contributed by atoms with Gasteiger partial charge in [0.05, 0.1) is 28.8 Å². The minimum Gasteiger partial charge on any atom is -0.508 e. The van der Waals surface area contributed by atoms with E-state index in [9.17, 15) is 18.3 Å².